The highest BCUT2D eigenvalue weighted by atomic mass is 16.5. The van der Waals surface area contributed by atoms with Crippen LogP contribution in [-0.4, -0.2) is 29.0 Å². The highest BCUT2D eigenvalue weighted by Gasteiger charge is 2.13. The van der Waals surface area contributed by atoms with Crippen molar-refractivity contribution in [2.24, 2.45) is 16.0 Å². The first kappa shape index (κ1) is 11.6. The highest BCUT2D eigenvalue weighted by Crippen LogP contribution is 2.10. The van der Waals surface area contributed by atoms with Gasteiger partial charge < -0.3 is 10.5 Å². The largest absolute Gasteiger partial charge is 0.452 e. The lowest BCUT2D eigenvalue weighted by Gasteiger charge is -1.89. The number of carbonyl (C=O) groups excluding carboxylic acids is 2. The molecular weight excluding hydrogens is 218 g/mol. The van der Waals surface area contributed by atoms with Crippen molar-refractivity contribution in [2.75, 3.05) is 7.11 Å². The Bertz CT molecular complexity index is 511. The molecule has 0 spiro atoms. The van der Waals surface area contributed by atoms with Gasteiger partial charge in [0.15, 0.2) is 5.69 Å². The molecule has 0 aliphatic rings. The van der Waals surface area contributed by atoms with Crippen molar-refractivity contribution in [1.82, 2.24) is 9.78 Å². The van der Waals surface area contributed by atoms with Crippen LogP contribution in [0.15, 0.2) is 15.0 Å². The third-order valence-electron chi connectivity index (χ3n) is 1.67. The molecule has 0 radical (unpaired) electrons. The summed E-state index contributed by atoms with van der Waals surface area (Å²) in [5.74, 6) is 0. The highest BCUT2D eigenvalue weighted by molar-refractivity contribution is 5.74. The first-order valence-corrected chi connectivity index (χ1v) is 4.08. The van der Waals surface area contributed by atoms with E-state index >= 15 is 0 Å². The van der Waals surface area contributed by atoms with E-state index in [1.54, 1.807) is 0 Å². The number of aryl methyl sites for hydroxylation is 1. The Morgan fingerprint density at radius 1 is 1.50 bits per heavy atom. The molecule has 0 unspecified atom stereocenters. The molecule has 0 bridgehead atoms. The summed E-state index contributed by atoms with van der Waals surface area (Å²) in [5, 5.41) is 8.82. The van der Waals surface area contributed by atoms with Crippen molar-refractivity contribution < 1.29 is 14.3 Å². The number of aromatic nitrogens is 2. The second kappa shape index (κ2) is 4.38. The number of methoxy groups -OCH3 is 1. The number of nitrogens with zero attached hydrogens (tertiary/aromatic N) is 3. The summed E-state index contributed by atoms with van der Waals surface area (Å²) < 4.78 is 4.75. The number of rotatable bonds is 1. The van der Waals surface area contributed by atoms with Gasteiger partial charge in [-0.1, -0.05) is 5.11 Å². The van der Waals surface area contributed by atoms with E-state index in [0.717, 1.165) is 7.11 Å². The molecule has 1 aromatic heterocycles. The number of aromatic amines is 1. The van der Waals surface area contributed by atoms with Crippen LogP contribution in [0.5, 0.6) is 0 Å². The van der Waals surface area contributed by atoms with Crippen molar-refractivity contribution in [3.05, 3.63) is 16.0 Å². The number of azo groups is 1. The number of carbonyl (C=O) groups is 2. The van der Waals surface area contributed by atoms with Crippen molar-refractivity contribution in [3.8, 4) is 0 Å². The number of amides is 2. The summed E-state index contributed by atoms with van der Waals surface area (Å²) in [6.45, 7) is 1.48. The minimum atomic E-state index is -0.979. The molecule has 9 heteroatoms. The van der Waals surface area contributed by atoms with Gasteiger partial charge in [0.2, 0.25) is 0 Å². The van der Waals surface area contributed by atoms with Crippen LogP contribution in [0.25, 0.3) is 0 Å². The molecule has 0 fully saturated rings. The van der Waals surface area contributed by atoms with Crippen LogP contribution in [0.3, 0.4) is 0 Å². The molecule has 0 aliphatic carbocycles. The summed E-state index contributed by atoms with van der Waals surface area (Å²) >= 11 is 0. The lowest BCUT2D eigenvalue weighted by atomic mass is 10.4. The number of ether oxygens (including phenoxy) is 1. The van der Waals surface area contributed by atoms with Crippen molar-refractivity contribution >= 4 is 17.8 Å². The molecule has 0 saturated carbocycles. The molecule has 1 aromatic rings. The van der Waals surface area contributed by atoms with Crippen molar-refractivity contribution in [1.29, 1.82) is 0 Å². The fourth-order valence-electron chi connectivity index (χ4n) is 0.942. The summed E-state index contributed by atoms with van der Waals surface area (Å²) in [5.41, 5.74) is 4.21. The average Bonchev–Trinajstić information content (AvgIpc) is 2.51. The summed E-state index contributed by atoms with van der Waals surface area (Å²) in [7, 11) is 1.12. The maximum atomic E-state index is 11.5. The topological polar surface area (TPSA) is 132 Å². The zero-order valence-electron chi connectivity index (χ0n) is 8.55. The zero-order valence-corrected chi connectivity index (χ0v) is 8.55. The number of hydrogen-bond donors (Lipinski definition) is 2. The molecule has 16 heavy (non-hydrogen) atoms. The first-order chi connectivity index (χ1) is 7.47. The van der Waals surface area contributed by atoms with E-state index in [1.165, 1.54) is 6.92 Å². The van der Waals surface area contributed by atoms with Gasteiger partial charge in [-0.2, -0.15) is 4.68 Å². The molecule has 3 N–H and O–H groups in total. The van der Waals surface area contributed by atoms with Gasteiger partial charge in [0.05, 0.1) is 12.8 Å². The fourth-order valence-corrected chi connectivity index (χ4v) is 0.942. The van der Waals surface area contributed by atoms with Crippen LogP contribution >= 0.6 is 0 Å². The average molecular weight is 227 g/mol. The Hall–Kier alpha value is -2.45. The quantitative estimate of drug-likeness (QED) is 0.665. The van der Waals surface area contributed by atoms with E-state index in [2.05, 4.69) is 20.1 Å². The normalized spacial score (nSPS) is 10.6. The van der Waals surface area contributed by atoms with E-state index in [9.17, 15) is 14.4 Å². The standard InChI is InChI=1S/C7H9N5O4/c1-3-4(9-10-7(15)16-2)5(13)12(11-3)6(8)14/h11H,1-2H3,(H2,8,14). The molecule has 0 atom stereocenters. The molecule has 9 nitrogen and oxygen atoms in total. The second-order valence-electron chi connectivity index (χ2n) is 2.73. The van der Waals surface area contributed by atoms with Crippen LogP contribution < -0.4 is 11.3 Å². The van der Waals surface area contributed by atoms with E-state index < -0.39 is 17.7 Å². The maximum absolute atomic E-state index is 11.5. The molecule has 86 valence electrons. The lowest BCUT2D eigenvalue weighted by Crippen LogP contribution is -2.29. The SMILES string of the molecule is COC(=O)N=Nc1c(C)[nH]n(C(N)=O)c1=O. The van der Waals surface area contributed by atoms with Gasteiger partial charge in [-0.05, 0) is 6.92 Å². The van der Waals surface area contributed by atoms with E-state index in [1.807, 2.05) is 0 Å². The summed E-state index contributed by atoms with van der Waals surface area (Å²) in [6, 6.07) is -0.979. The number of H-pyrrole nitrogens is 1. The van der Waals surface area contributed by atoms with Crippen LogP contribution in [0.1, 0.15) is 5.69 Å². The summed E-state index contributed by atoms with van der Waals surface area (Å²) in [4.78, 5) is 32.9. The Labute approximate surface area is 88.9 Å². The zero-order chi connectivity index (χ0) is 12.3. The van der Waals surface area contributed by atoms with Gasteiger partial charge >= 0.3 is 17.7 Å². The molecule has 0 aliphatic heterocycles. The maximum Gasteiger partial charge on any atom is 0.452 e. The van der Waals surface area contributed by atoms with E-state index in [4.69, 9.17) is 5.73 Å². The number of hydrogen-bond acceptors (Lipinski definition) is 5. The third-order valence-corrected chi connectivity index (χ3v) is 1.67. The predicted molar refractivity (Wildman–Crippen MR) is 51.7 cm³/mol. The van der Waals surface area contributed by atoms with Gasteiger partial charge in [-0.25, -0.2) is 9.59 Å². The van der Waals surface area contributed by atoms with Crippen LogP contribution in [0.4, 0.5) is 15.3 Å². The monoisotopic (exact) mass is 227 g/mol. The summed E-state index contributed by atoms with van der Waals surface area (Å²) in [6.07, 6.45) is -0.953. The van der Waals surface area contributed by atoms with Gasteiger partial charge in [0, 0.05) is 0 Å². The molecule has 0 saturated heterocycles. The van der Waals surface area contributed by atoms with Gasteiger partial charge in [0.25, 0.3) is 0 Å². The number of primary amides is 1. The van der Waals surface area contributed by atoms with Gasteiger partial charge in [-0.3, -0.25) is 9.89 Å². The fraction of sp³-hybridized carbons (Fsp3) is 0.286. The molecular formula is C7H9N5O4. The smallest absolute Gasteiger partial charge is 0.450 e. The minimum Gasteiger partial charge on any atom is -0.450 e. The molecule has 1 heterocycles. The van der Waals surface area contributed by atoms with E-state index in [0.29, 0.717) is 4.68 Å². The van der Waals surface area contributed by atoms with Crippen LogP contribution in [0.2, 0.25) is 0 Å². The first-order valence-electron chi connectivity index (χ1n) is 4.08. The Balaban J connectivity index is 3.16. The minimum absolute atomic E-state index is 0.177. The molecule has 2 amide bonds. The van der Waals surface area contributed by atoms with Crippen LogP contribution in [0, 0.1) is 6.92 Å². The third kappa shape index (κ3) is 2.13. The predicted octanol–water partition coefficient (Wildman–Crippen LogP) is 0.262. The molecule has 0 aromatic carbocycles. The van der Waals surface area contributed by atoms with Crippen molar-refractivity contribution in [3.63, 3.8) is 0 Å². The molecule has 1 rings (SSSR count). The Kier molecular flexibility index (Phi) is 3.18. The van der Waals surface area contributed by atoms with Crippen LogP contribution in [-0.2, 0) is 4.74 Å². The number of nitrogens with two attached hydrogens (primary N) is 1. The Morgan fingerprint density at radius 3 is 2.56 bits per heavy atom. The Morgan fingerprint density at radius 2 is 2.12 bits per heavy atom. The van der Waals surface area contributed by atoms with Crippen molar-refractivity contribution in [2.45, 2.75) is 6.92 Å². The van der Waals surface area contributed by atoms with Gasteiger partial charge in [0.1, 0.15) is 0 Å². The lowest BCUT2D eigenvalue weighted by molar-refractivity contribution is 0.181. The van der Waals surface area contributed by atoms with E-state index in [-0.39, 0.29) is 11.4 Å². The number of nitrogens with one attached hydrogen (secondary N) is 1. The second-order valence-corrected chi connectivity index (χ2v) is 2.73. The van der Waals surface area contributed by atoms with Gasteiger partial charge in [-0.15, -0.1) is 5.11 Å².